The Kier molecular flexibility index (Phi) is 4.39. The van der Waals surface area contributed by atoms with Crippen molar-refractivity contribution >= 4 is 19.2 Å². The van der Waals surface area contributed by atoms with Crippen molar-refractivity contribution in [3.63, 3.8) is 0 Å². The molecular formula is C24H31BO6. The number of ether oxygens (including phenoxy) is 3. The van der Waals surface area contributed by atoms with Crippen molar-refractivity contribution in [2.24, 2.45) is 17.3 Å². The number of esters is 1. The van der Waals surface area contributed by atoms with Crippen LogP contribution in [0, 0.1) is 17.3 Å². The molecule has 2 heterocycles. The van der Waals surface area contributed by atoms with Crippen LogP contribution in [0.4, 0.5) is 0 Å². The van der Waals surface area contributed by atoms with Gasteiger partial charge in [0, 0.05) is 19.4 Å². The lowest BCUT2D eigenvalue weighted by atomic mass is 9.43. The number of allylic oxidation sites excluding steroid dienone is 1. The predicted molar refractivity (Wildman–Crippen MR) is 117 cm³/mol. The second-order valence-electron chi connectivity index (χ2n) is 10.6. The van der Waals surface area contributed by atoms with Gasteiger partial charge in [-0.2, -0.15) is 0 Å². The summed E-state index contributed by atoms with van der Waals surface area (Å²) in [5.41, 5.74) is 2.06. The summed E-state index contributed by atoms with van der Waals surface area (Å²) in [6.07, 6.45) is 4.36. The number of carbonyl (C=O) groups excluding carboxylic acids is 1. The van der Waals surface area contributed by atoms with Gasteiger partial charge in [-0.1, -0.05) is 19.9 Å². The molecule has 3 unspecified atom stereocenters. The zero-order valence-corrected chi connectivity index (χ0v) is 19.4. The predicted octanol–water partition coefficient (Wildman–Crippen LogP) is 4.65. The molecule has 3 aliphatic carbocycles. The van der Waals surface area contributed by atoms with Gasteiger partial charge in [0.05, 0.1) is 18.8 Å². The average molecular weight is 426 g/mol. The van der Waals surface area contributed by atoms with Gasteiger partial charge >= 0.3 is 13.1 Å². The zero-order valence-electron chi connectivity index (χ0n) is 19.4. The van der Waals surface area contributed by atoms with Crippen LogP contribution in [0.15, 0.2) is 17.6 Å². The highest BCUT2D eigenvalue weighted by Gasteiger charge is 2.68. The molecule has 4 atom stereocenters. The molecule has 31 heavy (non-hydrogen) atoms. The van der Waals surface area contributed by atoms with E-state index in [1.807, 2.05) is 19.1 Å². The maximum Gasteiger partial charge on any atom is 0.490 e. The number of rotatable bonds is 3. The normalized spacial score (nSPS) is 34.8. The Morgan fingerprint density at radius 2 is 1.90 bits per heavy atom. The minimum absolute atomic E-state index is 0.118. The van der Waals surface area contributed by atoms with Crippen molar-refractivity contribution in [3.05, 3.63) is 28.7 Å². The zero-order chi connectivity index (χ0) is 22.3. The summed E-state index contributed by atoms with van der Waals surface area (Å²) in [5.74, 6) is 0.600. The molecule has 4 fully saturated rings. The summed E-state index contributed by atoms with van der Waals surface area (Å²) in [7, 11) is 1.12. The molecule has 0 aromatic heterocycles. The summed E-state index contributed by atoms with van der Waals surface area (Å²) in [5, 5.41) is 0. The summed E-state index contributed by atoms with van der Waals surface area (Å²) < 4.78 is 29.8. The molecule has 1 saturated heterocycles. The molecule has 2 aliphatic heterocycles. The molecule has 1 aromatic rings. The number of fused-ring (bicyclic) bond motifs is 1. The molecule has 0 spiro atoms. The Bertz CT molecular complexity index is 983. The van der Waals surface area contributed by atoms with E-state index in [1.54, 1.807) is 19.9 Å². The second-order valence-corrected chi connectivity index (χ2v) is 10.6. The van der Waals surface area contributed by atoms with Crippen LogP contribution in [-0.2, 0) is 14.0 Å². The summed E-state index contributed by atoms with van der Waals surface area (Å²) in [4.78, 5) is 12.6. The third kappa shape index (κ3) is 2.96. The molecule has 6 nitrogen and oxygen atoms in total. The first-order valence-corrected chi connectivity index (χ1v) is 11.1. The molecule has 5 aliphatic rings. The molecule has 0 N–H and O–H groups in total. The van der Waals surface area contributed by atoms with Crippen LogP contribution < -0.4 is 9.47 Å². The molecule has 1 aromatic carbocycles. The minimum Gasteiger partial charge on any atom is -0.496 e. The van der Waals surface area contributed by atoms with Crippen LogP contribution in [0.3, 0.4) is 0 Å². The standard InChI is InChI=1S/C24H31BO6/c1-13(25-30-18-12-15-11-17(22(15,2)3)24(18,6)31-25)10-14-8-9-16(27-7)19-20(14)28-23(4,5)29-21(19)26/h8-10,15,17-18H,11-12H2,1-7H3/b13-10-/t15?,17?,18?,24-/m0/s1. The minimum atomic E-state index is -1.05. The first-order valence-electron chi connectivity index (χ1n) is 11.1. The molecule has 3 saturated carbocycles. The molecular weight excluding hydrogens is 395 g/mol. The summed E-state index contributed by atoms with van der Waals surface area (Å²) >= 11 is 0. The van der Waals surface area contributed by atoms with E-state index >= 15 is 0 Å². The first kappa shape index (κ1) is 20.9. The third-order valence-electron chi connectivity index (χ3n) is 7.96. The second kappa shape index (κ2) is 6.52. The maximum absolute atomic E-state index is 12.6. The number of carbonyl (C=O) groups is 1. The number of cyclic esters (lactones) is 1. The van der Waals surface area contributed by atoms with Crippen LogP contribution in [-0.4, -0.2) is 37.7 Å². The Labute approximate surface area is 184 Å². The van der Waals surface area contributed by atoms with Gasteiger partial charge in [0.1, 0.15) is 17.1 Å². The van der Waals surface area contributed by atoms with Gasteiger partial charge in [-0.15, -0.1) is 0 Å². The number of hydrogen-bond acceptors (Lipinski definition) is 6. The Hall–Kier alpha value is -1.99. The highest BCUT2D eigenvalue weighted by atomic mass is 16.7. The number of methoxy groups -OCH3 is 1. The average Bonchev–Trinajstić information content (AvgIpc) is 3.04. The van der Waals surface area contributed by atoms with Gasteiger partial charge in [0.2, 0.25) is 5.79 Å². The van der Waals surface area contributed by atoms with Crippen molar-refractivity contribution in [1.29, 1.82) is 0 Å². The monoisotopic (exact) mass is 426 g/mol. The van der Waals surface area contributed by atoms with Crippen LogP contribution >= 0.6 is 0 Å². The highest BCUT2D eigenvalue weighted by Crippen LogP contribution is 2.65. The van der Waals surface area contributed by atoms with E-state index < -0.39 is 18.9 Å². The lowest BCUT2D eigenvalue weighted by Crippen LogP contribution is -2.65. The van der Waals surface area contributed by atoms with Gasteiger partial charge in [0.15, 0.2) is 0 Å². The first-order chi connectivity index (χ1) is 14.5. The van der Waals surface area contributed by atoms with E-state index in [0.29, 0.717) is 34.3 Å². The van der Waals surface area contributed by atoms with Crippen LogP contribution in [0.1, 0.15) is 70.3 Å². The molecule has 166 valence electrons. The Balaban J connectivity index is 1.47. The van der Waals surface area contributed by atoms with Gasteiger partial charge in [-0.3, -0.25) is 0 Å². The van der Waals surface area contributed by atoms with Crippen molar-refractivity contribution in [2.45, 2.75) is 71.9 Å². The van der Waals surface area contributed by atoms with Crippen LogP contribution in [0.5, 0.6) is 11.5 Å². The molecule has 0 amide bonds. The smallest absolute Gasteiger partial charge is 0.490 e. The van der Waals surface area contributed by atoms with Crippen molar-refractivity contribution in [1.82, 2.24) is 0 Å². The highest BCUT2D eigenvalue weighted by molar-refractivity contribution is 6.55. The quantitative estimate of drug-likeness (QED) is 0.518. The molecule has 2 bridgehead atoms. The Morgan fingerprint density at radius 1 is 1.16 bits per heavy atom. The van der Waals surface area contributed by atoms with Crippen molar-refractivity contribution < 1.29 is 28.3 Å². The fourth-order valence-corrected chi connectivity index (χ4v) is 6.08. The largest absolute Gasteiger partial charge is 0.496 e. The van der Waals surface area contributed by atoms with Gasteiger partial charge < -0.3 is 23.5 Å². The van der Waals surface area contributed by atoms with E-state index in [1.165, 1.54) is 13.5 Å². The maximum atomic E-state index is 12.6. The van der Waals surface area contributed by atoms with Gasteiger partial charge in [-0.05, 0) is 61.5 Å². The lowest BCUT2D eigenvalue weighted by Gasteiger charge is -2.64. The van der Waals surface area contributed by atoms with E-state index in [4.69, 9.17) is 23.5 Å². The van der Waals surface area contributed by atoms with E-state index in [-0.39, 0.29) is 11.7 Å². The SMILES string of the molecule is COc1ccc(/C=C(/C)B2OC3CC4CC(C4(C)C)[C@]3(C)O2)c2c1C(=O)OC(C)(C)O2. The van der Waals surface area contributed by atoms with Crippen LogP contribution in [0.2, 0.25) is 0 Å². The van der Waals surface area contributed by atoms with Crippen LogP contribution in [0.25, 0.3) is 6.08 Å². The Morgan fingerprint density at radius 3 is 2.58 bits per heavy atom. The number of benzene rings is 1. The lowest BCUT2D eigenvalue weighted by molar-refractivity contribution is -0.199. The molecule has 7 heteroatoms. The van der Waals surface area contributed by atoms with E-state index in [0.717, 1.165) is 17.5 Å². The van der Waals surface area contributed by atoms with E-state index in [2.05, 4.69) is 20.8 Å². The van der Waals surface area contributed by atoms with Gasteiger partial charge in [0.25, 0.3) is 0 Å². The van der Waals surface area contributed by atoms with Crippen molar-refractivity contribution in [2.75, 3.05) is 7.11 Å². The topological polar surface area (TPSA) is 63.2 Å². The third-order valence-corrected chi connectivity index (χ3v) is 7.96. The van der Waals surface area contributed by atoms with Gasteiger partial charge in [-0.25, -0.2) is 4.79 Å². The fourth-order valence-electron chi connectivity index (χ4n) is 6.08. The number of hydrogen-bond donors (Lipinski definition) is 0. The molecule has 0 radical (unpaired) electrons. The fraction of sp³-hybridized carbons (Fsp3) is 0.625. The van der Waals surface area contributed by atoms with Crippen molar-refractivity contribution in [3.8, 4) is 11.5 Å². The summed E-state index contributed by atoms with van der Waals surface area (Å²) in [6, 6.07) is 3.65. The van der Waals surface area contributed by atoms with E-state index in [9.17, 15) is 4.79 Å². The molecule has 6 rings (SSSR count). The summed E-state index contributed by atoms with van der Waals surface area (Å²) in [6.45, 7) is 12.4.